The average Bonchev–Trinajstić information content (AvgIpc) is 2.37. The molecule has 8 heteroatoms. The van der Waals surface area contributed by atoms with Crippen LogP contribution in [0.15, 0.2) is 35.3 Å². The van der Waals surface area contributed by atoms with E-state index < -0.39 is 23.0 Å². The Morgan fingerprint density at radius 3 is 1.87 bits per heavy atom. The van der Waals surface area contributed by atoms with Gasteiger partial charge in [0.25, 0.3) is 5.56 Å². The standard InChI is InChI=1S/C15H11Cl2F4NO/c1-14(2,18)9-5-10(16)13(11(17)6-9)22-4-3-8(7-12(22)23)15(19,20)21/h3-7H,1-2H3. The van der Waals surface area contributed by atoms with Crippen molar-refractivity contribution >= 4 is 23.2 Å². The van der Waals surface area contributed by atoms with Gasteiger partial charge in [0.2, 0.25) is 0 Å². The molecule has 0 amide bonds. The largest absolute Gasteiger partial charge is 0.416 e. The van der Waals surface area contributed by atoms with E-state index in [-0.39, 0.29) is 21.3 Å². The smallest absolute Gasteiger partial charge is 0.281 e. The van der Waals surface area contributed by atoms with Crippen LogP contribution in [-0.2, 0) is 11.8 Å². The first-order valence-electron chi connectivity index (χ1n) is 6.40. The summed E-state index contributed by atoms with van der Waals surface area (Å²) in [6.07, 6.45) is -3.70. The molecule has 23 heavy (non-hydrogen) atoms. The summed E-state index contributed by atoms with van der Waals surface area (Å²) in [7, 11) is 0. The molecule has 0 radical (unpaired) electrons. The maximum absolute atomic E-state index is 14.0. The summed E-state index contributed by atoms with van der Waals surface area (Å²) in [5, 5.41) is -0.0832. The third-order valence-corrected chi connectivity index (χ3v) is 3.77. The van der Waals surface area contributed by atoms with Crippen molar-refractivity contribution in [3.8, 4) is 5.69 Å². The second kappa shape index (κ2) is 5.83. The highest BCUT2D eigenvalue weighted by molar-refractivity contribution is 6.37. The van der Waals surface area contributed by atoms with E-state index in [1.54, 1.807) is 0 Å². The lowest BCUT2D eigenvalue weighted by Gasteiger charge is -2.18. The number of benzene rings is 1. The second-order valence-electron chi connectivity index (χ2n) is 5.38. The lowest BCUT2D eigenvalue weighted by atomic mass is 10.00. The van der Waals surface area contributed by atoms with Crippen molar-refractivity contribution in [2.75, 3.05) is 0 Å². The first-order valence-corrected chi connectivity index (χ1v) is 7.15. The van der Waals surface area contributed by atoms with Crippen LogP contribution >= 0.6 is 23.2 Å². The van der Waals surface area contributed by atoms with Gasteiger partial charge < -0.3 is 0 Å². The van der Waals surface area contributed by atoms with Gasteiger partial charge in [0.05, 0.1) is 21.3 Å². The maximum atomic E-state index is 14.0. The van der Waals surface area contributed by atoms with Crippen molar-refractivity contribution < 1.29 is 17.6 Å². The predicted octanol–water partition coefficient (Wildman–Crippen LogP) is 5.37. The van der Waals surface area contributed by atoms with Gasteiger partial charge in [-0.05, 0) is 37.6 Å². The van der Waals surface area contributed by atoms with Crippen molar-refractivity contribution in [3.05, 3.63) is 62.0 Å². The fraction of sp³-hybridized carbons (Fsp3) is 0.267. The summed E-state index contributed by atoms with van der Waals surface area (Å²) in [5.74, 6) is 0. The van der Waals surface area contributed by atoms with Gasteiger partial charge >= 0.3 is 6.18 Å². The van der Waals surface area contributed by atoms with Crippen LogP contribution in [0.25, 0.3) is 5.69 Å². The Morgan fingerprint density at radius 2 is 1.48 bits per heavy atom. The molecule has 0 aliphatic heterocycles. The van der Waals surface area contributed by atoms with Gasteiger partial charge in [-0.3, -0.25) is 9.36 Å². The number of hydrogen-bond donors (Lipinski definition) is 0. The highest BCUT2D eigenvalue weighted by Gasteiger charge is 2.31. The lowest BCUT2D eigenvalue weighted by Crippen LogP contribution is -2.21. The molecule has 0 atom stereocenters. The molecule has 2 rings (SSSR count). The van der Waals surface area contributed by atoms with Crippen LogP contribution in [-0.4, -0.2) is 4.57 Å². The molecule has 2 aromatic rings. The van der Waals surface area contributed by atoms with E-state index in [0.717, 1.165) is 16.8 Å². The van der Waals surface area contributed by atoms with Crippen LogP contribution in [0, 0.1) is 0 Å². The van der Waals surface area contributed by atoms with Crippen LogP contribution in [0.3, 0.4) is 0 Å². The van der Waals surface area contributed by atoms with Crippen molar-refractivity contribution in [2.24, 2.45) is 0 Å². The van der Waals surface area contributed by atoms with Gasteiger partial charge in [0.1, 0.15) is 5.67 Å². The number of hydrogen-bond acceptors (Lipinski definition) is 1. The minimum Gasteiger partial charge on any atom is -0.281 e. The minimum absolute atomic E-state index is 0.0000535. The third kappa shape index (κ3) is 3.70. The molecular formula is C15H11Cl2F4NO. The number of halogens is 6. The Hall–Kier alpha value is -1.53. The molecule has 1 aromatic heterocycles. The number of rotatable bonds is 2. The quantitative estimate of drug-likeness (QED) is 0.654. The zero-order chi connectivity index (χ0) is 17.6. The molecule has 1 aromatic carbocycles. The van der Waals surface area contributed by atoms with Gasteiger partial charge in [0.15, 0.2) is 0 Å². The lowest BCUT2D eigenvalue weighted by molar-refractivity contribution is -0.137. The summed E-state index contributed by atoms with van der Waals surface area (Å²) < 4.78 is 52.7. The van der Waals surface area contributed by atoms with E-state index in [4.69, 9.17) is 23.2 Å². The van der Waals surface area contributed by atoms with E-state index in [9.17, 15) is 22.4 Å². The maximum Gasteiger partial charge on any atom is 0.416 e. The number of nitrogens with zero attached hydrogens (tertiary/aromatic N) is 1. The summed E-state index contributed by atoms with van der Waals surface area (Å²) in [5.41, 5.74) is -3.55. The Bertz CT molecular complexity index is 783. The highest BCUT2D eigenvalue weighted by Crippen LogP contribution is 2.35. The third-order valence-electron chi connectivity index (χ3n) is 3.19. The van der Waals surface area contributed by atoms with E-state index in [1.165, 1.54) is 26.0 Å². The first kappa shape index (κ1) is 17.8. The molecule has 0 saturated carbocycles. The Morgan fingerprint density at radius 1 is 0.957 bits per heavy atom. The predicted molar refractivity (Wildman–Crippen MR) is 81.2 cm³/mol. The summed E-state index contributed by atoms with van der Waals surface area (Å²) >= 11 is 12.1. The van der Waals surface area contributed by atoms with Gasteiger partial charge in [-0.2, -0.15) is 13.2 Å². The van der Waals surface area contributed by atoms with Crippen LogP contribution in [0.5, 0.6) is 0 Å². The zero-order valence-corrected chi connectivity index (χ0v) is 13.5. The molecule has 0 aliphatic carbocycles. The van der Waals surface area contributed by atoms with Gasteiger partial charge in [-0.25, -0.2) is 4.39 Å². The van der Waals surface area contributed by atoms with Gasteiger partial charge in [-0.15, -0.1) is 0 Å². The Balaban J connectivity index is 2.62. The molecular weight excluding hydrogens is 357 g/mol. The monoisotopic (exact) mass is 367 g/mol. The molecule has 1 heterocycles. The van der Waals surface area contributed by atoms with Gasteiger partial charge in [0, 0.05) is 12.3 Å². The van der Waals surface area contributed by atoms with Crippen LogP contribution in [0.1, 0.15) is 25.0 Å². The van der Waals surface area contributed by atoms with Crippen molar-refractivity contribution in [2.45, 2.75) is 25.7 Å². The van der Waals surface area contributed by atoms with Crippen LogP contribution < -0.4 is 5.56 Å². The molecule has 0 saturated heterocycles. The zero-order valence-electron chi connectivity index (χ0n) is 12.0. The van der Waals surface area contributed by atoms with Crippen LogP contribution in [0.2, 0.25) is 10.0 Å². The topological polar surface area (TPSA) is 22.0 Å². The van der Waals surface area contributed by atoms with E-state index in [2.05, 4.69) is 0 Å². The van der Waals surface area contributed by atoms with Crippen molar-refractivity contribution in [3.63, 3.8) is 0 Å². The van der Waals surface area contributed by atoms with Gasteiger partial charge in [-0.1, -0.05) is 23.2 Å². The molecule has 0 unspecified atom stereocenters. The number of aromatic nitrogens is 1. The molecule has 124 valence electrons. The number of alkyl halides is 4. The fourth-order valence-electron chi connectivity index (χ4n) is 1.98. The highest BCUT2D eigenvalue weighted by atomic mass is 35.5. The van der Waals surface area contributed by atoms with Crippen molar-refractivity contribution in [1.82, 2.24) is 4.57 Å². The van der Waals surface area contributed by atoms with Crippen LogP contribution in [0.4, 0.5) is 17.6 Å². The molecule has 0 N–H and O–H groups in total. The molecule has 0 aliphatic rings. The molecule has 2 nitrogen and oxygen atoms in total. The normalized spacial score (nSPS) is 12.5. The number of pyridine rings is 1. The summed E-state index contributed by atoms with van der Waals surface area (Å²) in [4.78, 5) is 11.9. The van der Waals surface area contributed by atoms with E-state index in [0.29, 0.717) is 6.07 Å². The molecule has 0 fully saturated rings. The summed E-state index contributed by atoms with van der Waals surface area (Å²) in [6, 6.07) is 3.75. The first-order chi connectivity index (χ1) is 10.4. The average molecular weight is 368 g/mol. The second-order valence-corrected chi connectivity index (χ2v) is 6.20. The van der Waals surface area contributed by atoms with Crippen molar-refractivity contribution in [1.29, 1.82) is 0 Å². The molecule has 0 spiro atoms. The SMILES string of the molecule is CC(C)(F)c1cc(Cl)c(-n2ccc(C(F)(F)F)cc2=O)c(Cl)c1. The minimum atomic E-state index is -4.63. The Kier molecular flexibility index (Phi) is 4.52. The Labute approximate surface area is 139 Å². The van der Waals surface area contributed by atoms with E-state index in [1.807, 2.05) is 0 Å². The fourth-order valence-corrected chi connectivity index (χ4v) is 2.65. The molecule has 0 bridgehead atoms. The summed E-state index contributed by atoms with van der Waals surface area (Å²) in [6.45, 7) is 2.61. The van der Waals surface area contributed by atoms with E-state index >= 15 is 0 Å².